The van der Waals surface area contributed by atoms with Gasteiger partial charge in [0.05, 0.1) is 5.69 Å². The second-order valence-electron chi connectivity index (χ2n) is 10.2. The molecule has 3 aromatic rings. The molecule has 0 aliphatic carbocycles. The fraction of sp³-hybridized carbons (Fsp3) is 0.433. The lowest BCUT2D eigenvalue weighted by Crippen LogP contribution is -2.36. The van der Waals surface area contributed by atoms with Gasteiger partial charge < -0.3 is 9.80 Å². The zero-order valence-electron chi connectivity index (χ0n) is 21.8. The number of hydrogen-bond donors (Lipinski definition) is 0. The van der Waals surface area contributed by atoms with Gasteiger partial charge in [0.2, 0.25) is 5.91 Å². The number of para-hydroxylation sites is 1. The van der Waals surface area contributed by atoms with Gasteiger partial charge in [-0.1, -0.05) is 57.4 Å². The van der Waals surface area contributed by atoms with Gasteiger partial charge in [0.1, 0.15) is 0 Å². The predicted octanol–water partition coefficient (Wildman–Crippen LogP) is 6.17. The van der Waals surface area contributed by atoms with Crippen LogP contribution < -0.4 is 4.90 Å². The maximum atomic E-state index is 13.8. The standard InChI is InChI=1S/C30H38N4O2/c1-23(2)20-29(35)33-18-10-6-4-5-9-17-32(22-26-12-7-8-13-27(26)33)30(36)25-15-14-24(3)28(21-25)34-19-11-16-31-34/h7-8,11-16,19,21,23H,4-6,9-10,17-18,20,22H2,1-3H3. The molecular formula is C30H38N4O2. The lowest BCUT2D eigenvalue weighted by molar-refractivity contribution is -0.119. The molecule has 0 spiro atoms. The van der Waals surface area contributed by atoms with Crippen LogP contribution in [0.1, 0.15) is 73.9 Å². The summed E-state index contributed by atoms with van der Waals surface area (Å²) in [6, 6.07) is 15.8. The number of aromatic nitrogens is 2. The number of aryl methyl sites for hydroxylation is 1. The maximum Gasteiger partial charge on any atom is 0.254 e. The molecule has 0 saturated heterocycles. The minimum atomic E-state index is 0.00956. The van der Waals surface area contributed by atoms with Gasteiger partial charge in [-0.05, 0) is 61.1 Å². The Balaban J connectivity index is 1.67. The second-order valence-corrected chi connectivity index (χ2v) is 10.2. The molecule has 6 heteroatoms. The Bertz CT molecular complexity index is 1170. The van der Waals surface area contributed by atoms with Crippen LogP contribution in [-0.2, 0) is 11.3 Å². The van der Waals surface area contributed by atoms with E-state index in [1.807, 2.05) is 65.4 Å². The summed E-state index contributed by atoms with van der Waals surface area (Å²) >= 11 is 0. The summed E-state index contributed by atoms with van der Waals surface area (Å²) in [6.07, 6.45) is 9.42. The van der Waals surface area contributed by atoms with Crippen molar-refractivity contribution in [2.75, 3.05) is 18.0 Å². The summed E-state index contributed by atoms with van der Waals surface area (Å²) in [5, 5.41) is 4.36. The first-order chi connectivity index (χ1) is 17.4. The predicted molar refractivity (Wildman–Crippen MR) is 144 cm³/mol. The Hall–Kier alpha value is -3.41. The Morgan fingerprint density at radius 3 is 2.42 bits per heavy atom. The largest absolute Gasteiger partial charge is 0.334 e. The van der Waals surface area contributed by atoms with Crippen LogP contribution in [0, 0.1) is 12.8 Å². The van der Waals surface area contributed by atoms with Crippen LogP contribution in [0.15, 0.2) is 60.9 Å². The highest BCUT2D eigenvalue weighted by atomic mass is 16.2. The number of carbonyl (C=O) groups excluding carboxylic acids is 2. The first kappa shape index (κ1) is 25.7. The van der Waals surface area contributed by atoms with E-state index in [1.165, 1.54) is 0 Å². The van der Waals surface area contributed by atoms with Crippen molar-refractivity contribution in [3.8, 4) is 5.69 Å². The lowest BCUT2D eigenvalue weighted by Gasteiger charge is -2.30. The molecule has 0 unspecified atom stereocenters. The zero-order chi connectivity index (χ0) is 25.5. The Morgan fingerprint density at radius 1 is 0.917 bits per heavy atom. The molecule has 2 amide bonds. The van der Waals surface area contributed by atoms with E-state index in [0.717, 1.165) is 61.2 Å². The molecule has 2 aromatic carbocycles. The number of benzene rings is 2. The minimum Gasteiger partial charge on any atom is -0.334 e. The van der Waals surface area contributed by atoms with Gasteiger partial charge in [0.25, 0.3) is 5.91 Å². The molecule has 0 saturated carbocycles. The van der Waals surface area contributed by atoms with Gasteiger partial charge in [0.15, 0.2) is 0 Å². The summed E-state index contributed by atoms with van der Waals surface area (Å²) in [6.45, 7) is 8.09. The van der Waals surface area contributed by atoms with E-state index in [1.54, 1.807) is 10.9 Å². The molecule has 36 heavy (non-hydrogen) atoms. The number of fused-ring (bicyclic) bond motifs is 1. The molecule has 0 atom stereocenters. The molecule has 0 bridgehead atoms. The Morgan fingerprint density at radius 2 is 1.67 bits per heavy atom. The SMILES string of the molecule is Cc1ccc(C(=O)N2CCCCCCCN(C(=O)CC(C)C)c3ccccc3C2)cc1-n1cccn1. The van der Waals surface area contributed by atoms with Crippen molar-refractivity contribution in [2.24, 2.45) is 5.92 Å². The average Bonchev–Trinajstić information content (AvgIpc) is 3.39. The van der Waals surface area contributed by atoms with Crippen molar-refractivity contribution < 1.29 is 9.59 Å². The highest BCUT2D eigenvalue weighted by Crippen LogP contribution is 2.27. The van der Waals surface area contributed by atoms with E-state index >= 15 is 0 Å². The highest BCUT2D eigenvalue weighted by molar-refractivity contribution is 5.96. The molecule has 0 radical (unpaired) electrons. The van der Waals surface area contributed by atoms with Crippen LogP contribution in [0.2, 0.25) is 0 Å². The molecule has 4 rings (SSSR count). The number of amides is 2. The third-order valence-corrected chi connectivity index (χ3v) is 6.83. The van der Waals surface area contributed by atoms with E-state index in [9.17, 15) is 9.59 Å². The number of rotatable bonds is 4. The van der Waals surface area contributed by atoms with E-state index in [-0.39, 0.29) is 11.8 Å². The maximum absolute atomic E-state index is 13.8. The smallest absolute Gasteiger partial charge is 0.254 e. The Labute approximate surface area is 214 Å². The molecule has 2 heterocycles. The van der Waals surface area contributed by atoms with Crippen LogP contribution in [-0.4, -0.2) is 39.6 Å². The molecule has 0 N–H and O–H groups in total. The highest BCUT2D eigenvalue weighted by Gasteiger charge is 2.23. The summed E-state index contributed by atoms with van der Waals surface area (Å²) in [4.78, 5) is 31.0. The second kappa shape index (κ2) is 12.0. The van der Waals surface area contributed by atoms with Crippen molar-refractivity contribution in [3.63, 3.8) is 0 Å². The van der Waals surface area contributed by atoms with Gasteiger partial charge in [0, 0.05) is 49.7 Å². The van der Waals surface area contributed by atoms with Crippen molar-refractivity contribution in [3.05, 3.63) is 77.6 Å². The van der Waals surface area contributed by atoms with Crippen LogP contribution in [0.5, 0.6) is 0 Å². The van der Waals surface area contributed by atoms with Crippen molar-refractivity contribution in [1.82, 2.24) is 14.7 Å². The summed E-state index contributed by atoms with van der Waals surface area (Å²) in [5.41, 5.74) is 4.58. The number of hydrogen-bond acceptors (Lipinski definition) is 3. The van der Waals surface area contributed by atoms with Crippen LogP contribution in [0.3, 0.4) is 0 Å². The van der Waals surface area contributed by atoms with E-state index in [4.69, 9.17) is 0 Å². The van der Waals surface area contributed by atoms with Crippen molar-refractivity contribution >= 4 is 17.5 Å². The first-order valence-electron chi connectivity index (χ1n) is 13.2. The van der Waals surface area contributed by atoms with Gasteiger partial charge in [-0.15, -0.1) is 0 Å². The van der Waals surface area contributed by atoms with Gasteiger partial charge in [-0.25, -0.2) is 4.68 Å². The third-order valence-electron chi connectivity index (χ3n) is 6.83. The van der Waals surface area contributed by atoms with Crippen LogP contribution in [0.25, 0.3) is 5.69 Å². The number of nitrogens with zero attached hydrogens (tertiary/aromatic N) is 4. The molecule has 6 nitrogen and oxygen atoms in total. The summed E-state index contributed by atoms with van der Waals surface area (Å²) < 4.78 is 1.80. The molecule has 0 fully saturated rings. The van der Waals surface area contributed by atoms with Gasteiger partial charge in [-0.3, -0.25) is 9.59 Å². The average molecular weight is 487 g/mol. The normalized spacial score (nSPS) is 15.2. The van der Waals surface area contributed by atoms with E-state index in [0.29, 0.717) is 31.0 Å². The van der Waals surface area contributed by atoms with Gasteiger partial charge in [-0.2, -0.15) is 5.10 Å². The Kier molecular flexibility index (Phi) is 8.57. The fourth-order valence-electron chi connectivity index (χ4n) is 4.89. The minimum absolute atomic E-state index is 0.00956. The van der Waals surface area contributed by atoms with Crippen molar-refractivity contribution in [2.45, 2.75) is 65.8 Å². The fourth-order valence-corrected chi connectivity index (χ4v) is 4.89. The zero-order valence-corrected chi connectivity index (χ0v) is 21.8. The molecule has 1 aliphatic rings. The molecule has 1 aromatic heterocycles. The van der Waals surface area contributed by atoms with Crippen LogP contribution >= 0.6 is 0 Å². The number of anilines is 1. The monoisotopic (exact) mass is 486 g/mol. The van der Waals surface area contributed by atoms with Crippen LogP contribution in [0.4, 0.5) is 5.69 Å². The lowest BCUT2D eigenvalue weighted by atomic mass is 10.0. The van der Waals surface area contributed by atoms with E-state index in [2.05, 4.69) is 25.0 Å². The molecule has 1 aliphatic heterocycles. The summed E-state index contributed by atoms with van der Waals surface area (Å²) in [5.74, 6) is 0.472. The molecule has 190 valence electrons. The third kappa shape index (κ3) is 6.23. The van der Waals surface area contributed by atoms with E-state index < -0.39 is 0 Å². The van der Waals surface area contributed by atoms with Crippen molar-refractivity contribution in [1.29, 1.82) is 0 Å². The first-order valence-corrected chi connectivity index (χ1v) is 13.2. The number of carbonyl (C=O) groups is 2. The van der Waals surface area contributed by atoms with Gasteiger partial charge >= 0.3 is 0 Å². The summed E-state index contributed by atoms with van der Waals surface area (Å²) in [7, 11) is 0. The quantitative estimate of drug-likeness (QED) is 0.443. The topological polar surface area (TPSA) is 58.4 Å². The molecular weight excluding hydrogens is 448 g/mol.